The molecule has 0 spiro atoms. The number of nitrogens with one attached hydrogen (secondary N) is 1. The van der Waals surface area contributed by atoms with Crippen LogP contribution in [-0.4, -0.2) is 37.4 Å². The molecule has 0 amide bonds. The molecule has 2 aromatic rings. The number of esters is 1. The smallest absolute Gasteiger partial charge is 0.387 e. The minimum absolute atomic E-state index is 0.0708. The molecule has 0 aromatic heterocycles. The molecule has 1 aliphatic heterocycles. The molecule has 3 rings (SSSR count). The number of methoxy groups -OCH3 is 1. The predicted molar refractivity (Wildman–Crippen MR) is 115 cm³/mol. The highest BCUT2D eigenvalue weighted by Gasteiger charge is 2.34. The van der Waals surface area contributed by atoms with Crippen molar-refractivity contribution in [3.8, 4) is 11.5 Å². The van der Waals surface area contributed by atoms with E-state index in [1.807, 2.05) is 0 Å². The number of anilines is 1. The minimum atomic E-state index is -3.04. The fraction of sp³-hybridized carbons (Fsp3) is 0.333. The van der Waals surface area contributed by atoms with Crippen molar-refractivity contribution in [2.45, 2.75) is 32.2 Å². The van der Waals surface area contributed by atoms with Gasteiger partial charge in [-0.15, -0.1) is 0 Å². The lowest BCUT2D eigenvalue weighted by Gasteiger charge is -2.24. The molecule has 10 heteroatoms. The molecule has 0 bridgehead atoms. The van der Waals surface area contributed by atoms with Gasteiger partial charge in [-0.2, -0.15) is 8.78 Å². The summed E-state index contributed by atoms with van der Waals surface area (Å²) in [5.74, 6) is -0.563. The van der Waals surface area contributed by atoms with E-state index < -0.39 is 24.8 Å². The number of alkyl halides is 2. The molecule has 0 radical (unpaired) electrons. The summed E-state index contributed by atoms with van der Waals surface area (Å²) in [6.45, 7) is -1.12. The fourth-order valence-electron chi connectivity index (χ4n) is 3.28. The monoisotopic (exact) mass is 471 g/mol. The molecule has 0 aliphatic carbocycles. The summed E-state index contributed by atoms with van der Waals surface area (Å²) in [6, 6.07) is 9.63. The Hall–Kier alpha value is -2.49. The molecule has 1 aliphatic rings. The highest BCUT2D eigenvalue weighted by Crippen LogP contribution is 2.44. The lowest BCUT2D eigenvalue weighted by molar-refractivity contribution is -0.145. The first kappa shape index (κ1) is 23.2. The largest absolute Gasteiger partial charge is 0.492 e. The Morgan fingerprint density at radius 3 is 2.74 bits per heavy atom. The molecule has 0 saturated carbocycles. The third-order valence-electron chi connectivity index (χ3n) is 4.52. The van der Waals surface area contributed by atoms with Crippen LogP contribution < -0.4 is 14.8 Å². The van der Waals surface area contributed by atoms with Crippen molar-refractivity contribution in [1.29, 1.82) is 0 Å². The van der Waals surface area contributed by atoms with E-state index in [9.17, 15) is 13.6 Å². The molecule has 1 N–H and O–H groups in total. The van der Waals surface area contributed by atoms with Crippen LogP contribution in [0.5, 0.6) is 11.5 Å². The van der Waals surface area contributed by atoms with Crippen LogP contribution in [0.15, 0.2) is 36.4 Å². The van der Waals surface area contributed by atoms with Gasteiger partial charge in [-0.3, -0.25) is 4.79 Å². The topological polar surface area (TPSA) is 66.0 Å². The molecule has 0 fully saturated rings. The maximum Gasteiger partial charge on any atom is 0.387 e. The number of hydrogen-bond acceptors (Lipinski definition) is 6. The minimum Gasteiger partial charge on any atom is -0.492 e. The van der Waals surface area contributed by atoms with E-state index in [0.29, 0.717) is 21.8 Å². The van der Waals surface area contributed by atoms with E-state index >= 15 is 0 Å². The predicted octanol–water partition coefficient (Wildman–Crippen LogP) is 5.13. The van der Waals surface area contributed by atoms with Gasteiger partial charge in [-0.1, -0.05) is 36.0 Å². The summed E-state index contributed by atoms with van der Waals surface area (Å²) < 4.78 is 47.0. The second-order valence-electron chi connectivity index (χ2n) is 6.49. The van der Waals surface area contributed by atoms with Gasteiger partial charge >= 0.3 is 12.6 Å². The van der Waals surface area contributed by atoms with Gasteiger partial charge in [-0.25, -0.2) is 0 Å². The van der Waals surface area contributed by atoms with Gasteiger partial charge < -0.3 is 24.3 Å². The van der Waals surface area contributed by atoms with E-state index in [-0.39, 0.29) is 29.5 Å². The van der Waals surface area contributed by atoms with Gasteiger partial charge in [0, 0.05) is 21.8 Å². The molecule has 6 nitrogen and oxygen atoms in total. The average Bonchev–Trinajstić information content (AvgIpc) is 2.84. The number of hydrogen-bond donors (Lipinski definition) is 1. The summed E-state index contributed by atoms with van der Waals surface area (Å²) in [7, 11) is 1.34. The number of fused-ring (bicyclic) bond motifs is 1. The second-order valence-corrected chi connectivity index (χ2v) is 7.37. The zero-order valence-corrected chi connectivity index (χ0v) is 18.3. The van der Waals surface area contributed by atoms with E-state index in [1.54, 1.807) is 37.3 Å². The van der Waals surface area contributed by atoms with Crippen LogP contribution in [0, 0.1) is 0 Å². The first-order valence-electron chi connectivity index (χ1n) is 9.37. The van der Waals surface area contributed by atoms with E-state index in [4.69, 9.17) is 38.0 Å². The maximum absolute atomic E-state index is 12.9. The van der Waals surface area contributed by atoms with Gasteiger partial charge in [0.15, 0.2) is 11.5 Å². The van der Waals surface area contributed by atoms with Crippen LogP contribution >= 0.6 is 23.8 Å². The molecular weight excluding hydrogens is 452 g/mol. The Bertz CT molecular complexity index is 975. The van der Waals surface area contributed by atoms with Crippen molar-refractivity contribution in [1.82, 2.24) is 0 Å². The van der Waals surface area contributed by atoms with E-state index in [2.05, 4.69) is 10.1 Å². The van der Waals surface area contributed by atoms with Crippen LogP contribution in [0.25, 0.3) is 0 Å². The Kier molecular flexibility index (Phi) is 7.64. The highest BCUT2D eigenvalue weighted by atomic mass is 35.5. The zero-order valence-electron chi connectivity index (χ0n) is 16.7. The molecule has 0 saturated heterocycles. The molecule has 31 heavy (non-hydrogen) atoms. The highest BCUT2D eigenvalue weighted by molar-refractivity contribution is 7.80. The van der Waals surface area contributed by atoms with Crippen LogP contribution in [0.4, 0.5) is 14.5 Å². The van der Waals surface area contributed by atoms with E-state index in [1.165, 1.54) is 13.2 Å². The van der Waals surface area contributed by atoms with Crippen molar-refractivity contribution in [3.05, 3.63) is 52.5 Å². The average molecular weight is 472 g/mol. The molecule has 2 atom stereocenters. The zero-order chi connectivity index (χ0) is 22.5. The van der Waals surface area contributed by atoms with Crippen molar-refractivity contribution >= 4 is 40.5 Å². The van der Waals surface area contributed by atoms with Gasteiger partial charge in [0.2, 0.25) is 0 Å². The first-order valence-corrected chi connectivity index (χ1v) is 10.2. The lowest BCUT2D eigenvalue weighted by Crippen LogP contribution is -2.31. The molecular formula is C21H20ClF2NO5S. The van der Waals surface area contributed by atoms with Crippen LogP contribution in [0.1, 0.15) is 30.6 Å². The third kappa shape index (κ3) is 5.41. The van der Waals surface area contributed by atoms with Crippen molar-refractivity contribution in [2.75, 3.05) is 19.0 Å². The summed E-state index contributed by atoms with van der Waals surface area (Å²) in [5.41, 5.74) is 1.60. The maximum atomic E-state index is 12.9. The number of ether oxygens (including phenoxy) is 4. The van der Waals surface area contributed by atoms with Crippen LogP contribution in [0.3, 0.4) is 0 Å². The third-order valence-corrected chi connectivity index (χ3v) is 5.12. The molecule has 166 valence electrons. The molecule has 1 heterocycles. The lowest BCUT2D eigenvalue weighted by atomic mass is 9.98. The normalized spacial score (nSPS) is 18.1. The van der Waals surface area contributed by atoms with Crippen molar-refractivity contribution in [2.24, 2.45) is 0 Å². The Morgan fingerprint density at radius 2 is 2.06 bits per heavy atom. The van der Waals surface area contributed by atoms with Gasteiger partial charge in [0.25, 0.3) is 0 Å². The Morgan fingerprint density at radius 1 is 1.29 bits per heavy atom. The van der Waals surface area contributed by atoms with Crippen molar-refractivity contribution in [3.63, 3.8) is 0 Å². The fourth-order valence-corrected chi connectivity index (χ4v) is 3.71. The standard InChI is InChI=1S/C21H20ClF2NO5S/c1-3-28-17(26)10-16-20(31)25-14-8-7-11(22)9-13(14)18(29-16)12-5-4-6-15(19(12)27-2)30-21(23)24/h4-9,16,18,21H,3,10H2,1-2H3,(H,25,31)/t16-,18-/m1/s1. The number of carbonyl (C=O) groups is 1. The van der Waals surface area contributed by atoms with Crippen LogP contribution in [0.2, 0.25) is 5.02 Å². The number of thiocarbonyl (C=S) groups is 1. The number of para-hydroxylation sites is 1. The van der Waals surface area contributed by atoms with E-state index in [0.717, 1.165) is 0 Å². The number of halogens is 3. The molecule has 2 aromatic carbocycles. The first-order chi connectivity index (χ1) is 14.8. The number of carbonyl (C=O) groups excluding carboxylic acids is 1. The van der Waals surface area contributed by atoms with Crippen molar-refractivity contribution < 1.29 is 32.5 Å². The summed E-state index contributed by atoms with van der Waals surface area (Å²) in [4.78, 5) is 12.4. The Balaban J connectivity index is 2.10. The Labute approximate surface area is 188 Å². The SMILES string of the molecule is CCOC(=O)C[C@H]1O[C@H](c2cccc(OC(F)F)c2OC)c2cc(Cl)ccc2NC1=S. The number of rotatable bonds is 7. The summed E-state index contributed by atoms with van der Waals surface area (Å²) >= 11 is 11.6. The van der Waals surface area contributed by atoms with Gasteiger partial charge in [-0.05, 0) is 31.2 Å². The van der Waals surface area contributed by atoms with Gasteiger partial charge in [0.05, 0.1) is 20.1 Å². The van der Waals surface area contributed by atoms with Gasteiger partial charge in [0.1, 0.15) is 17.2 Å². The summed E-state index contributed by atoms with van der Waals surface area (Å²) in [5, 5.41) is 3.51. The quantitative estimate of drug-likeness (QED) is 0.443. The second kappa shape index (κ2) is 10.2. The summed E-state index contributed by atoms with van der Waals surface area (Å²) in [6.07, 6.45) is -1.82. The number of benzene rings is 2. The molecule has 0 unspecified atom stereocenters. The van der Waals surface area contributed by atoms with Crippen LogP contribution in [-0.2, 0) is 14.3 Å².